The Kier molecular flexibility index (Phi) is 6.40. The van der Waals surface area contributed by atoms with Crippen molar-refractivity contribution in [3.8, 4) is 0 Å². The summed E-state index contributed by atoms with van der Waals surface area (Å²) in [5.41, 5.74) is 2.31. The molecule has 2 saturated carbocycles. The van der Waals surface area contributed by atoms with Crippen LogP contribution in [0.15, 0.2) is 60.7 Å². The molecular formula is C20H20CuO4. The largest absolute Gasteiger partial charge is 0.481 e. The van der Waals surface area contributed by atoms with Gasteiger partial charge in [-0.1, -0.05) is 60.7 Å². The van der Waals surface area contributed by atoms with Gasteiger partial charge in [-0.05, 0) is 35.8 Å². The Bertz CT molecular complexity index is 653. The van der Waals surface area contributed by atoms with Gasteiger partial charge in [-0.15, -0.1) is 0 Å². The number of carbonyl (C=O) groups is 2. The second-order valence-corrected chi connectivity index (χ2v) is 6.40. The van der Waals surface area contributed by atoms with E-state index in [4.69, 9.17) is 10.2 Å². The summed E-state index contributed by atoms with van der Waals surface area (Å²) in [5.74, 6) is -1.06. The minimum Gasteiger partial charge on any atom is -0.481 e. The first-order valence-electron chi connectivity index (χ1n) is 8.13. The molecule has 4 rings (SSSR count). The maximum atomic E-state index is 10.5. The van der Waals surface area contributed by atoms with Crippen LogP contribution in [0.4, 0.5) is 0 Å². The van der Waals surface area contributed by atoms with E-state index in [0.717, 1.165) is 24.0 Å². The van der Waals surface area contributed by atoms with Crippen molar-refractivity contribution in [2.24, 2.45) is 11.8 Å². The van der Waals surface area contributed by atoms with Crippen molar-refractivity contribution in [1.82, 2.24) is 0 Å². The quantitative estimate of drug-likeness (QED) is 0.783. The number of rotatable bonds is 4. The molecule has 0 amide bonds. The van der Waals surface area contributed by atoms with Gasteiger partial charge in [0.1, 0.15) is 0 Å². The van der Waals surface area contributed by atoms with Crippen molar-refractivity contribution in [3.05, 3.63) is 71.8 Å². The van der Waals surface area contributed by atoms with Crippen molar-refractivity contribution in [2.75, 3.05) is 0 Å². The Morgan fingerprint density at radius 3 is 1.24 bits per heavy atom. The number of carboxylic acids is 2. The van der Waals surface area contributed by atoms with Crippen molar-refractivity contribution >= 4 is 11.9 Å². The number of hydrogen-bond acceptors (Lipinski definition) is 2. The van der Waals surface area contributed by atoms with Crippen molar-refractivity contribution in [3.63, 3.8) is 0 Å². The van der Waals surface area contributed by atoms with Crippen LogP contribution in [0.25, 0.3) is 0 Å². The molecule has 2 aliphatic carbocycles. The Morgan fingerprint density at radius 1 is 0.680 bits per heavy atom. The third-order valence-electron chi connectivity index (χ3n) is 4.67. The Morgan fingerprint density at radius 2 is 1.00 bits per heavy atom. The molecule has 2 aromatic rings. The van der Waals surface area contributed by atoms with Gasteiger partial charge in [0, 0.05) is 17.1 Å². The molecule has 0 saturated heterocycles. The molecule has 0 bridgehead atoms. The zero-order valence-corrected chi connectivity index (χ0v) is 14.5. The summed E-state index contributed by atoms with van der Waals surface area (Å²) in [5, 5.41) is 17.4. The predicted octanol–water partition coefficient (Wildman–Crippen LogP) is 3.75. The summed E-state index contributed by atoms with van der Waals surface area (Å²) >= 11 is 0. The fraction of sp³-hybridized carbons (Fsp3) is 0.300. The topological polar surface area (TPSA) is 74.6 Å². The molecule has 0 spiro atoms. The molecule has 0 aromatic heterocycles. The number of benzene rings is 2. The van der Waals surface area contributed by atoms with Crippen LogP contribution in [0.3, 0.4) is 0 Å². The van der Waals surface area contributed by atoms with Crippen LogP contribution >= 0.6 is 0 Å². The first kappa shape index (κ1) is 19.2. The number of aliphatic carboxylic acids is 2. The van der Waals surface area contributed by atoms with Gasteiger partial charge in [-0.2, -0.15) is 0 Å². The summed E-state index contributed by atoms with van der Waals surface area (Å²) in [6.45, 7) is 0. The van der Waals surface area contributed by atoms with E-state index in [1.807, 2.05) is 60.7 Å². The molecule has 5 heteroatoms. The molecule has 0 heterocycles. The van der Waals surface area contributed by atoms with Gasteiger partial charge in [0.25, 0.3) is 0 Å². The van der Waals surface area contributed by atoms with E-state index >= 15 is 0 Å². The normalized spacial score (nSPS) is 25.6. The monoisotopic (exact) mass is 387 g/mol. The summed E-state index contributed by atoms with van der Waals surface area (Å²) in [6, 6.07) is 19.7. The van der Waals surface area contributed by atoms with E-state index in [9.17, 15) is 9.59 Å². The molecule has 4 atom stereocenters. The van der Waals surface area contributed by atoms with Crippen LogP contribution in [0.2, 0.25) is 0 Å². The van der Waals surface area contributed by atoms with E-state index in [0.29, 0.717) is 0 Å². The molecular weight excluding hydrogens is 368 g/mol. The van der Waals surface area contributed by atoms with E-state index in [-0.39, 0.29) is 40.7 Å². The summed E-state index contributed by atoms with van der Waals surface area (Å²) in [7, 11) is 0. The summed E-state index contributed by atoms with van der Waals surface area (Å²) < 4.78 is 0. The smallest absolute Gasteiger partial charge is 0.307 e. The minimum atomic E-state index is -0.663. The van der Waals surface area contributed by atoms with Crippen LogP contribution in [0, 0.1) is 11.8 Å². The second-order valence-electron chi connectivity index (χ2n) is 6.40. The Labute approximate surface area is 157 Å². The zero-order valence-electron chi connectivity index (χ0n) is 13.5. The average Bonchev–Trinajstić information content (AvgIpc) is 3.49. The maximum absolute atomic E-state index is 10.5. The second kappa shape index (κ2) is 8.32. The van der Waals surface area contributed by atoms with Crippen molar-refractivity contribution in [2.45, 2.75) is 24.7 Å². The Balaban J connectivity index is 0.000000173. The van der Waals surface area contributed by atoms with Gasteiger partial charge >= 0.3 is 11.9 Å². The fourth-order valence-corrected chi connectivity index (χ4v) is 3.07. The third-order valence-corrected chi connectivity index (χ3v) is 4.67. The maximum Gasteiger partial charge on any atom is 0.307 e. The van der Waals surface area contributed by atoms with Gasteiger partial charge in [0.2, 0.25) is 0 Å². The van der Waals surface area contributed by atoms with E-state index in [1.165, 1.54) is 0 Å². The van der Waals surface area contributed by atoms with Gasteiger partial charge in [0.05, 0.1) is 11.8 Å². The summed E-state index contributed by atoms with van der Waals surface area (Å²) in [4.78, 5) is 21.1. The summed E-state index contributed by atoms with van der Waals surface area (Å²) in [6.07, 6.45) is 1.61. The van der Waals surface area contributed by atoms with Crippen molar-refractivity contribution < 1.29 is 36.9 Å². The molecule has 135 valence electrons. The van der Waals surface area contributed by atoms with Gasteiger partial charge in [0.15, 0.2) is 0 Å². The van der Waals surface area contributed by atoms with E-state index in [2.05, 4.69) is 0 Å². The first-order valence-corrected chi connectivity index (χ1v) is 8.13. The molecule has 25 heavy (non-hydrogen) atoms. The molecule has 2 fully saturated rings. The molecule has 2 N–H and O–H groups in total. The van der Waals surface area contributed by atoms with Crippen LogP contribution in [-0.2, 0) is 26.7 Å². The van der Waals surface area contributed by atoms with Crippen LogP contribution < -0.4 is 0 Å². The van der Waals surface area contributed by atoms with Gasteiger partial charge < -0.3 is 10.2 Å². The standard InChI is InChI=1S/2C10H10O2.Cu/c2*11-10(12)9-6-8(9)7-4-2-1-3-5-7;/h2*1-5,8-9H,6H2,(H,11,12);/t2*8-,9+;/m10./s1. The molecule has 2 aliphatic rings. The van der Waals surface area contributed by atoms with Crippen LogP contribution in [0.1, 0.15) is 35.8 Å². The minimum absolute atomic E-state index is 0. The van der Waals surface area contributed by atoms with E-state index in [1.54, 1.807) is 0 Å². The first-order chi connectivity index (χ1) is 11.6. The molecule has 2 aromatic carbocycles. The van der Waals surface area contributed by atoms with Crippen molar-refractivity contribution in [1.29, 1.82) is 0 Å². The average molecular weight is 388 g/mol. The van der Waals surface area contributed by atoms with Crippen LogP contribution in [0.5, 0.6) is 0 Å². The molecule has 1 radical (unpaired) electrons. The van der Waals surface area contributed by atoms with E-state index < -0.39 is 11.9 Å². The predicted molar refractivity (Wildman–Crippen MR) is 89.9 cm³/mol. The third kappa shape index (κ3) is 4.94. The fourth-order valence-electron chi connectivity index (χ4n) is 3.07. The Hall–Kier alpha value is -2.10. The van der Waals surface area contributed by atoms with Gasteiger partial charge in [-0.3, -0.25) is 9.59 Å². The molecule has 0 aliphatic heterocycles. The van der Waals surface area contributed by atoms with Crippen LogP contribution in [-0.4, -0.2) is 22.2 Å². The molecule has 4 nitrogen and oxygen atoms in total. The SMILES string of the molecule is O=C(O)[C@@H]1C[C@H]1c1ccccc1.O=C(O)[C@H]1C[C@@H]1c1ccccc1.[Cu]. The number of carboxylic acid groups (broad SMARTS) is 2. The van der Waals surface area contributed by atoms with Gasteiger partial charge in [-0.25, -0.2) is 0 Å². The zero-order chi connectivity index (χ0) is 17.1. The molecule has 0 unspecified atom stereocenters. The number of hydrogen-bond donors (Lipinski definition) is 2.